The Bertz CT molecular complexity index is 469. The van der Waals surface area contributed by atoms with Gasteiger partial charge in [-0.2, -0.15) is 0 Å². The third kappa shape index (κ3) is 4.18. The summed E-state index contributed by atoms with van der Waals surface area (Å²) in [5.74, 6) is 4.66. The Kier molecular flexibility index (Phi) is 5.80. The van der Waals surface area contributed by atoms with E-state index in [9.17, 15) is 0 Å². The molecule has 0 aliphatic heterocycles. The largest absolute Gasteiger partial charge is 0.319 e. The van der Waals surface area contributed by atoms with Gasteiger partial charge >= 0.3 is 0 Å². The Morgan fingerprint density at radius 1 is 0.913 bits per heavy atom. The highest BCUT2D eigenvalue weighted by Crippen LogP contribution is 2.45. The van der Waals surface area contributed by atoms with Crippen LogP contribution in [0.25, 0.3) is 0 Å². The normalized spacial score (nSPS) is 35.2. The summed E-state index contributed by atoms with van der Waals surface area (Å²) in [6, 6.07) is 9.30. The van der Waals surface area contributed by atoms with Crippen LogP contribution in [-0.2, 0) is 0 Å². The van der Waals surface area contributed by atoms with Crippen LogP contribution in [0.2, 0.25) is 0 Å². The van der Waals surface area contributed by atoms with Gasteiger partial charge in [-0.25, -0.2) is 0 Å². The summed E-state index contributed by atoms with van der Waals surface area (Å²) >= 11 is 0. The minimum atomic E-state index is 0.822. The van der Waals surface area contributed by atoms with E-state index in [0.29, 0.717) is 0 Å². The van der Waals surface area contributed by atoms with Gasteiger partial charge in [-0.1, -0.05) is 43.2 Å². The summed E-state index contributed by atoms with van der Waals surface area (Å²) in [6.45, 7) is 5.87. The minimum Gasteiger partial charge on any atom is -0.319 e. The van der Waals surface area contributed by atoms with Crippen LogP contribution >= 0.6 is 0 Å². The highest BCUT2D eigenvalue weighted by atomic mass is 14.8. The van der Waals surface area contributed by atoms with Crippen molar-refractivity contribution in [2.75, 3.05) is 13.6 Å². The predicted octanol–water partition coefficient (Wildman–Crippen LogP) is 5.54. The molecule has 3 atom stereocenters. The number of benzene rings is 1. The fraction of sp³-hybridized carbons (Fsp3) is 0.727. The molecule has 0 bridgehead atoms. The lowest BCUT2D eigenvalue weighted by atomic mass is 9.65. The molecule has 0 saturated heterocycles. The number of hydrogen-bond acceptors (Lipinski definition) is 1. The Morgan fingerprint density at radius 2 is 1.57 bits per heavy atom. The van der Waals surface area contributed by atoms with E-state index in [1.54, 1.807) is 5.56 Å². The Labute approximate surface area is 143 Å². The van der Waals surface area contributed by atoms with Crippen LogP contribution in [-0.4, -0.2) is 13.6 Å². The van der Waals surface area contributed by atoms with Crippen LogP contribution in [0.5, 0.6) is 0 Å². The summed E-state index contributed by atoms with van der Waals surface area (Å²) in [4.78, 5) is 0. The monoisotopic (exact) mass is 313 g/mol. The van der Waals surface area contributed by atoms with Gasteiger partial charge in [-0.05, 0) is 94.2 Å². The highest BCUT2D eigenvalue weighted by Gasteiger charge is 2.34. The summed E-state index contributed by atoms with van der Waals surface area (Å²) in [5.41, 5.74) is 2.97. The average molecular weight is 314 g/mol. The van der Waals surface area contributed by atoms with Gasteiger partial charge in [0.2, 0.25) is 0 Å². The maximum Gasteiger partial charge on any atom is -0.00209 e. The fourth-order valence-electron chi connectivity index (χ4n) is 5.19. The molecule has 0 heterocycles. The van der Waals surface area contributed by atoms with E-state index < -0.39 is 0 Å². The molecule has 2 saturated carbocycles. The van der Waals surface area contributed by atoms with Crippen LogP contribution in [0.1, 0.15) is 68.9 Å². The predicted molar refractivity (Wildman–Crippen MR) is 99.8 cm³/mol. The first-order valence-electron chi connectivity index (χ1n) is 9.88. The first-order chi connectivity index (χ1) is 11.2. The topological polar surface area (TPSA) is 12.0 Å². The molecule has 0 spiro atoms. The second kappa shape index (κ2) is 7.83. The maximum atomic E-state index is 3.42. The number of aryl methyl sites for hydroxylation is 1. The Morgan fingerprint density at radius 3 is 2.22 bits per heavy atom. The van der Waals surface area contributed by atoms with Crippen molar-refractivity contribution in [3.63, 3.8) is 0 Å². The molecular formula is C22H35N. The van der Waals surface area contributed by atoms with Crippen LogP contribution in [0.3, 0.4) is 0 Å². The molecule has 0 aromatic heterocycles. The standard InChI is InChI=1S/C22H35N/c1-16-4-7-18(8-5-16)19-10-12-20(13-11-19)21-9-6-17(2)22(14-21)15-23-3/h4-5,7-8,17,19-23H,6,9-15H2,1-3H3. The quantitative estimate of drug-likeness (QED) is 0.769. The van der Waals surface area contributed by atoms with Gasteiger partial charge in [0, 0.05) is 0 Å². The molecule has 0 radical (unpaired) electrons. The molecule has 2 aliphatic carbocycles. The molecule has 128 valence electrons. The van der Waals surface area contributed by atoms with E-state index in [0.717, 1.165) is 29.6 Å². The smallest absolute Gasteiger partial charge is 0.00209 e. The second-order valence-electron chi connectivity index (χ2n) is 8.39. The first-order valence-corrected chi connectivity index (χ1v) is 9.88. The lowest BCUT2D eigenvalue weighted by Gasteiger charge is -2.41. The summed E-state index contributed by atoms with van der Waals surface area (Å²) in [5, 5.41) is 3.42. The molecule has 1 N–H and O–H groups in total. The maximum absolute atomic E-state index is 3.42. The van der Waals surface area contributed by atoms with E-state index in [1.165, 1.54) is 57.1 Å². The van der Waals surface area contributed by atoms with Crippen LogP contribution in [0.15, 0.2) is 24.3 Å². The van der Waals surface area contributed by atoms with E-state index in [1.807, 2.05) is 0 Å². The summed E-state index contributed by atoms with van der Waals surface area (Å²) in [6.07, 6.45) is 10.2. The van der Waals surface area contributed by atoms with Gasteiger partial charge in [0.05, 0.1) is 0 Å². The van der Waals surface area contributed by atoms with Crippen molar-refractivity contribution in [2.45, 2.75) is 64.7 Å². The summed E-state index contributed by atoms with van der Waals surface area (Å²) < 4.78 is 0. The Balaban J connectivity index is 1.53. The molecule has 1 aromatic rings. The van der Waals surface area contributed by atoms with Crippen molar-refractivity contribution in [3.05, 3.63) is 35.4 Å². The number of nitrogens with one attached hydrogen (secondary N) is 1. The van der Waals surface area contributed by atoms with Crippen LogP contribution in [0, 0.1) is 30.6 Å². The second-order valence-corrected chi connectivity index (χ2v) is 8.39. The molecule has 3 unspecified atom stereocenters. The Hall–Kier alpha value is -0.820. The van der Waals surface area contributed by atoms with Crippen molar-refractivity contribution in [1.29, 1.82) is 0 Å². The van der Waals surface area contributed by atoms with Gasteiger partial charge in [-0.3, -0.25) is 0 Å². The molecule has 3 rings (SSSR count). The lowest BCUT2D eigenvalue weighted by Crippen LogP contribution is -2.34. The molecule has 23 heavy (non-hydrogen) atoms. The number of rotatable bonds is 4. The van der Waals surface area contributed by atoms with Crippen molar-refractivity contribution in [1.82, 2.24) is 5.32 Å². The van der Waals surface area contributed by atoms with Crippen LogP contribution in [0.4, 0.5) is 0 Å². The molecular weight excluding hydrogens is 278 g/mol. The molecule has 0 amide bonds. The van der Waals surface area contributed by atoms with Crippen LogP contribution < -0.4 is 5.32 Å². The average Bonchev–Trinajstić information content (AvgIpc) is 2.58. The van der Waals surface area contributed by atoms with E-state index >= 15 is 0 Å². The molecule has 1 heteroatoms. The molecule has 1 nitrogen and oxygen atoms in total. The van der Waals surface area contributed by atoms with Gasteiger partial charge < -0.3 is 5.32 Å². The first kappa shape index (κ1) is 17.0. The molecule has 1 aromatic carbocycles. The molecule has 2 aliphatic rings. The van der Waals surface area contributed by atoms with Gasteiger partial charge in [0.15, 0.2) is 0 Å². The minimum absolute atomic E-state index is 0.822. The fourth-order valence-corrected chi connectivity index (χ4v) is 5.19. The third-order valence-electron chi connectivity index (χ3n) is 6.86. The summed E-state index contributed by atoms with van der Waals surface area (Å²) in [7, 11) is 2.11. The lowest BCUT2D eigenvalue weighted by molar-refractivity contribution is 0.118. The SMILES string of the molecule is CNCC1CC(C2CCC(c3ccc(C)cc3)CC2)CCC1C. The third-order valence-corrected chi connectivity index (χ3v) is 6.86. The van der Waals surface area contributed by atoms with Gasteiger partial charge in [-0.15, -0.1) is 0 Å². The zero-order valence-electron chi connectivity index (χ0n) is 15.4. The van der Waals surface area contributed by atoms with Crippen molar-refractivity contribution >= 4 is 0 Å². The van der Waals surface area contributed by atoms with E-state index in [2.05, 4.69) is 50.5 Å². The van der Waals surface area contributed by atoms with Gasteiger partial charge in [0.1, 0.15) is 0 Å². The highest BCUT2D eigenvalue weighted by molar-refractivity contribution is 5.24. The van der Waals surface area contributed by atoms with E-state index in [-0.39, 0.29) is 0 Å². The van der Waals surface area contributed by atoms with Crippen molar-refractivity contribution in [2.24, 2.45) is 23.7 Å². The van der Waals surface area contributed by atoms with Crippen molar-refractivity contribution < 1.29 is 0 Å². The van der Waals surface area contributed by atoms with Gasteiger partial charge in [0.25, 0.3) is 0 Å². The van der Waals surface area contributed by atoms with E-state index in [4.69, 9.17) is 0 Å². The zero-order valence-corrected chi connectivity index (χ0v) is 15.4. The molecule has 2 fully saturated rings. The number of hydrogen-bond donors (Lipinski definition) is 1. The zero-order chi connectivity index (χ0) is 16.2. The van der Waals surface area contributed by atoms with Crippen molar-refractivity contribution in [3.8, 4) is 0 Å².